The summed E-state index contributed by atoms with van der Waals surface area (Å²) in [5.74, 6) is 1.29. The van der Waals surface area contributed by atoms with Gasteiger partial charge in [-0.2, -0.15) is 5.10 Å². The molecular weight excluding hydrogens is 323 g/mol. The second kappa shape index (κ2) is 6.12. The van der Waals surface area contributed by atoms with Crippen molar-refractivity contribution in [3.05, 3.63) is 59.7 Å². The van der Waals surface area contributed by atoms with Gasteiger partial charge < -0.3 is 9.88 Å². The summed E-state index contributed by atoms with van der Waals surface area (Å²) in [6.07, 6.45) is 3.30. The Morgan fingerprint density at radius 2 is 2.04 bits per heavy atom. The highest BCUT2D eigenvalue weighted by molar-refractivity contribution is 5.92. The SMILES string of the molecule is Cc1nnc2n1C[C@@H](NC(=O)c1ccn(-c3ccc(F)cc3)n1)CC2. The molecule has 25 heavy (non-hydrogen) atoms. The van der Waals surface area contributed by atoms with Crippen molar-refractivity contribution in [2.75, 3.05) is 0 Å². The summed E-state index contributed by atoms with van der Waals surface area (Å²) in [6.45, 7) is 2.57. The number of benzene rings is 1. The normalized spacial score (nSPS) is 16.5. The van der Waals surface area contributed by atoms with E-state index in [0.717, 1.165) is 24.5 Å². The standard InChI is InChI=1S/C17H17FN6O/c1-11-20-21-16-7-4-13(10-23(11)16)19-17(25)15-8-9-24(22-15)14-5-2-12(18)3-6-14/h2-3,5-6,8-9,13H,4,7,10H2,1H3,(H,19,25)/t13-/m0/s1. The molecule has 1 aromatic carbocycles. The van der Waals surface area contributed by atoms with E-state index < -0.39 is 0 Å². The van der Waals surface area contributed by atoms with E-state index in [-0.39, 0.29) is 17.8 Å². The first-order valence-electron chi connectivity index (χ1n) is 8.11. The summed E-state index contributed by atoms with van der Waals surface area (Å²) in [5.41, 5.74) is 1.03. The van der Waals surface area contributed by atoms with Crippen molar-refractivity contribution in [1.29, 1.82) is 0 Å². The molecule has 1 amide bonds. The van der Waals surface area contributed by atoms with Gasteiger partial charge in [0.15, 0.2) is 5.69 Å². The van der Waals surface area contributed by atoms with Gasteiger partial charge in [-0.25, -0.2) is 9.07 Å². The lowest BCUT2D eigenvalue weighted by atomic mass is 10.1. The van der Waals surface area contributed by atoms with Gasteiger partial charge in [-0.3, -0.25) is 4.79 Å². The Labute approximate surface area is 143 Å². The van der Waals surface area contributed by atoms with E-state index in [1.165, 1.54) is 12.1 Å². The van der Waals surface area contributed by atoms with E-state index >= 15 is 0 Å². The van der Waals surface area contributed by atoms with Crippen LogP contribution in [0.4, 0.5) is 4.39 Å². The lowest BCUT2D eigenvalue weighted by Crippen LogP contribution is -2.41. The predicted molar refractivity (Wildman–Crippen MR) is 87.9 cm³/mol. The minimum absolute atomic E-state index is 0.0191. The minimum Gasteiger partial charge on any atom is -0.346 e. The molecule has 3 heterocycles. The monoisotopic (exact) mass is 340 g/mol. The van der Waals surface area contributed by atoms with Crippen LogP contribution in [0.2, 0.25) is 0 Å². The van der Waals surface area contributed by atoms with Crippen LogP contribution < -0.4 is 5.32 Å². The maximum Gasteiger partial charge on any atom is 0.272 e. The fourth-order valence-corrected chi connectivity index (χ4v) is 3.02. The van der Waals surface area contributed by atoms with Crippen molar-refractivity contribution in [2.24, 2.45) is 0 Å². The average Bonchev–Trinajstić information content (AvgIpc) is 3.24. The van der Waals surface area contributed by atoms with Crippen LogP contribution in [0.15, 0.2) is 36.5 Å². The largest absolute Gasteiger partial charge is 0.346 e. The number of aryl methyl sites for hydroxylation is 2. The molecule has 0 spiro atoms. The number of fused-ring (bicyclic) bond motifs is 1. The summed E-state index contributed by atoms with van der Waals surface area (Å²) in [5, 5.41) is 15.5. The van der Waals surface area contributed by atoms with Crippen molar-refractivity contribution in [1.82, 2.24) is 29.9 Å². The first-order chi connectivity index (χ1) is 12.1. The summed E-state index contributed by atoms with van der Waals surface area (Å²) >= 11 is 0. The van der Waals surface area contributed by atoms with Gasteiger partial charge in [0.25, 0.3) is 5.91 Å². The fraction of sp³-hybridized carbons (Fsp3) is 0.294. The van der Waals surface area contributed by atoms with Crippen molar-refractivity contribution in [2.45, 2.75) is 32.4 Å². The van der Waals surface area contributed by atoms with E-state index in [2.05, 4.69) is 20.6 Å². The molecule has 0 radical (unpaired) electrons. The average molecular weight is 340 g/mol. The van der Waals surface area contributed by atoms with Gasteiger partial charge in [-0.15, -0.1) is 10.2 Å². The summed E-state index contributed by atoms with van der Waals surface area (Å²) in [6, 6.07) is 7.61. The maximum absolute atomic E-state index is 13.0. The molecule has 0 saturated heterocycles. The molecule has 0 unspecified atom stereocenters. The number of halogens is 1. The van der Waals surface area contributed by atoms with Crippen molar-refractivity contribution in [3.8, 4) is 5.69 Å². The first-order valence-corrected chi connectivity index (χ1v) is 8.11. The number of rotatable bonds is 3. The zero-order valence-electron chi connectivity index (χ0n) is 13.7. The number of aromatic nitrogens is 5. The second-order valence-electron chi connectivity index (χ2n) is 6.11. The molecule has 1 aliphatic rings. The molecule has 1 N–H and O–H groups in total. The van der Waals surface area contributed by atoms with E-state index in [1.807, 2.05) is 11.5 Å². The fourth-order valence-electron chi connectivity index (χ4n) is 3.02. The molecule has 7 nitrogen and oxygen atoms in total. The van der Waals surface area contributed by atoms with Crippen molar-refractivity contribution < 1.29 is 9.18 Å². The zero-order chi connectivity index (χ0) is 17.4. The van der Waals surface area contributed by atoms with Crippen molar-refractivity contribution >= 4 is 5.91 Å². The molecule has 4 rings (SSSR count). The van der Waals surface area contributed by atoms with Gasteiger partial charge in [0.2, 0.25) is 0 Å². The molecule has 0 bridgehead atoms. The smallest absolute Gasteiger partial charge is 0.272 e. The van der Waals surface area contributed by atoms with Crippen molar-refractivity contribution in [3.63, 3.8) is 0 Å². The third kappa shape index (κ3) is 3.02. The van der Waals surface area contributed by atoms with Crippen LogP contribution in [0.3, 0.4) is 0 Å². The Balaban J connectivity index is 1.45. The highest BCUT2D eigenvalue weighted by atomic mass is 19.1. The quantitative estimate of drug-likeness (QED) is 0.786. The lowest BCUT2D eigenvalue weighted by Gasteiger charge is -2.24. The Bertz CT molecular complexity index is 914. The molecule has 2 aromatic heterocycles. The molecule has 0 saturated carbocycles. The summed E-state index contributed by atoms with van der Waals surface area (Å²) in [4.78, 5) is 12.5. The van der Waals surface area contributed by atoms with Crippen LogP contribution in [-0.4, -0.2) is 36.5 Å². The Morgan fingerprint density at radius 1 is 1.24 bits per heavy atom. The number of nitrogens with zero attached hydrogens (tertiary/aromatic N) is 5. The Morgan fingerprint density at radius 3 is 2.84 bits per heavy atom. The number of carbonyl (C=O) groups excluding carboxylic acids is 1. The number of amides is 1. The first kappa shape index (κ1) is 15.5. The molecule has 3 aromatic rings. The Kier molecular flexibility index (Phi) is 3.79. The van der Waals surface area contributed by atoms with Crippen LogP contribution in [-0.2, 0) is 13.0 Å². The van der Waals surface area contributed by atoms with Gasteiger partial charge in [0.1, 0.15) is 17.5 Å². The lowest BCUT2D eigenvalue weighted by molar-refractivity contribution is 0.0922. The van der Waals surface area contributed by atoms with E-state index in [4.69, 9.17) is 0 Å². The molecule has 0 fully saturated rings. The van der Waals surface area contributed by atoms with Crippen LogP contribution in [0.1, 0.15) is 28.6 Å². The van der Waals surface area contributed by atoms with Gasteiger partial charge in [-0.05, 0) is 43.7 Å². The number of hydrogen-bond donors (Lipinski definition) is 1. The third-order valence-electron chi connectivity index (χ3n) is 4.38. The summed E-state index contributed by atoms with van der Waals surface area (Å²) < 4.78 is 16.6. The summed E-state index contributed by atoms with van der Waals surface area (Å²) in [7, 11) is 0. The van der Waals surface area contributed by atoms with E-state index in [1.54, 1.807) is 29.1 Å². The molecular formula is C17H17FN6O. The van der Waals surface area contributed by atoms with Gasteiger partial charge in [-0.1, -0.05) is 0 Å². The molecule has 0 aliphatic carbocycles. The van der Waals surface area contributed by atoms with E-state index in [0.29, 0.717) is 17.9 Å². The number of hydrogen-bond acceptors (Lipinski definition) is 4. The predicted octanol–water partition coefficient (Wildman–Crippen LogP) is 1.66. The van der Waals surface area contributed by atoms with Crippen LogP contribution >= 0.6 is 0 Å². The molecule has 1 atom stereocenters. The topological polar surface area (TPSA) is 77.6 Å². The second-order valence-corrected chi connectivity index (χ2v) is 6.11. The van der Waals surface area contributed by atoms with Gasteiger partial charge in [0, 0.05) is 25.2 Å². The van der Waals surface area contributed by atoms with Gasteiger partial charge >= 0.3 is 0 Å². The maximum atomic E-state index is 13.0. The third-order valence-corrected chi connectivity index (χ3v) is 4.38. The van der Waals surface area contributed by atoms with E-state index in [9.17, 15) is 9.18 Å². The number of carbonyl (C=O) groups is 1. The highest BCUT2D eigenvalue weighted by Gasteiger charge is 2.23. The highest BCUT2D eigenvalue weighted by Crippen LogP contribution is 2.15. The minimum atomic E-state index is -0.310. The molecule has 128 valence electrons. The van der Waals surface area contributed by atoms with Gasteiger partial charge in [0.05, 0.1) is 5.69 Å². The molecule has 8 heteroatoms. The van der Waals surface area contributed by atoms with Crippen LogP contribution in [0.25, 0.3) is 5.69 Å². The number of nitrogens with one attached hydrogen (secondary N) is 1. The molecule has 1 aliphatic heterocycles. The van der Waals surface area contributed by atoms with Crippen LogP contribution in [0, 0.1) is 12.7 Å². The van der Waals surface area contributed by atoms with Crippen LogP contribution in [0.5, 0.6) is 0 Å². The zero-order valence-corrected chi connectivity index (χ0v) is 13.7. The Hall–Kier alpha value is -3.03.